The zero-order valence-corrected chi connectivity index (χ0v) is 14.3. The minimum absolute atomic E-state index is 0.210. The number of anilines is 1. The van der Waals surface area contributed by atoms with Crippen LogP contribution < -0.4 is 5.32 Å². The van der Waals surface area contributed by atoms with E-state index in [2.05, 4.69) is 29.4 Å². The quantitative estimate of drug-likeness (QED) is 0.663. The zero-order valence-electron chi connectivity index (χ0n) is 12.8. The Morgan fingerprint density at radius 1 is 1.26 bits per heavy atom. The maximum absolute atomic E-state index is 12.0. The lowest BCUT2D eigenvalue weighted by Gasteiger charge is -1.97. The second kappa shape index (κ2) is 6.52. The number of thiazole rings is 1. The van der Waals surface area contributed by atoms with Crippen molar-refractivity contribution < 1.29 is 4.79 Å². The van der Waals surface area contributed by atoms with Crippen LogP contribution in [0.2, 0.25) is 5.02 Å². The van der Waals surface area contributed by atoms with Crippen LogP contribution in [0.3, 0.4) is 0 Å². The molecule has 3 nitrogen and oxygen atoms in total. The van der Waals surface area contributed by atoms with Crippen molar-refractivity contribution in [2.24, 2.45) is 0 Å². The number of nitrogens with one attached hydrogen (secondary N) is 1. The second-order valence-electron chi connectivity index (χ2n) is 5.33. The number of carbonyl (C=O) groups excluding carboxylic acids is 1. The van der Waals surface area contributed by atoms with Crippen LogP contribution in [0, 0.1) is 13.8 Å². The first-order valence-electron chi connectivity index (χ1n) is 7.14. The van der Waals surface area contributed by atoms with Gasteiger partial charge in [-0.2, -0.15) is 0 Å². The molecule has 0 atom stereocenters. The Hall–Kier alpha value is -2.17. The van der Waals surface area contributed by atoms with Crippen molar-refractivity contribution in [3.05, 3.63) is 64.2 Å². The van der Waals surface area contributed by atoms with E-state index in [0.717, 1.165) is 21.3 Å². The average Bonchev–Trinajstić information content (AvgIpc) is 2.88. The van der Waals surface area contributed by atoms with Crippen LogP contribution in [-0.4, -0.2) is 10.9 Å². The van der Waals surface area contributed by atoms with E-state index < -0.39 is 0 Å². The molecule has 3 aromatic rings. The Morgan fingerprint density at radius 2 is 2.09 bits per heavy atom. The summed E-state index contributed by atoms with van der Waals surface area (Å²) in [6, 6.07) is 11.5. The summed E-state index contributed by atoms with van der Waals surface area (Å²) in [5.74, 6) is -0.210. The molecule has 5 heteroatoms. The first-order chi connectivity index (χ1) is 11.0. The molecule has 0 unspecified atom stereocenters. The topological polar surface area (TPSA) is 42.0 Å². The van der Waals surface area contributed by atoms with Crippen molar-refractivity contribution in [2.75, 3.05) is 5.32 Å². The van der Waals surface area contributed by atoms with Crippen molar-refractivity contribution >= 4 is 50.3 Å². The Bertz CT molecular complexity index is 915. The van der Waals surface area contributed by atoms with Crippen LogP contribution in [0.5, 0.6) is 0 Å². The first kappa shape index (κ1) is 15.7. The molecule has 2 aromatic carbocycles. The summed E-state index contributed by atoms with van der Waals surface area (Å²) < 4.78 is 1.08. The fourth-order valence-electron chi connectivity index (χ4n) is 2.35. The number of nitrogens with zero attached hydrogens (tertiary/aromatic N) is 1. The molecule has 0 aliphatic heterocycles. The predicted molar refractivity (Wildman–Crippen MR) is 98.2 cm³/mol. The Morgan fingerprint density at radius 3 is 2.87 bits per heavy atom. The smallest absolute Gasteiger partial charge is 0.250 e. The maximum atomic E-state index is 12.0. The first-order valence-corrected chi connectivity index (χ1v) is 8.33. The predicted octanol–water partition coefficient (Wildman–Crippen LogP) is 5.22. The molecule has 1 N–H and O–H groups in total. The molecule has 116 valence electrons. The summed E-state index contributed by atoms with van der Waals surface area (Å²) in [6.45, 7) is 4.08. The number of aromatic nitrogens is 1. The molecule has 0 saturated carbocycles. The van der Waals surface area contributed by atoms with Crippen molar-refractivity contribution in [3.63, 3.8) is 0 Å². The number of benzene rings is 2. The summed E-state index contributed by atoms with van der Waals surface area (Å²) in [6.07, 6.45) is 3.21. The molecule has 1 aromatic heterocycles. The van der Waals surface area contributed by atoms with Gasteiger partial charge in [-0.25, -0.2) is 4.98 Å². The lowest BCUT2D eigenvalue weighted by molar-refractivity contribution is -0.111. The van der Waals surface area contributed by atoms with E-state index in [1.807, 2.05) is 19.1 Å². The summed E-state index contributed by atoms with van der Waals surface area (Å²) in [5.41, 5.74) is 4.13. The van der Waals surface area contributed by atoms with Gasteiger partial charge in [-0.05, 0) is 54.8 Å². The molecule has 0 bridgehead atoms. The van der Waals surface area contributed by atoms with Gasteiger partial charge in [0.2, 0.25) is 5.91 Å². The van der Waals surface area contributed by atoms with E-state index in [1.165, 1.54) is 23.0 Å². The molecule has 0 aliphatic rings. The molecular formula is C18H15ClN2OS. The van der Waals surface area contributed by atoms with E-state index >= 15 is 0 Å². The van der Waals surface area contributed by atoms with Crippen LogP contribution in [-0.2, 0) is 4.79 Å². The lowest BCUT2D eigenvalue weighted by atomic mass is 10.1. The molecular weight excluding hydrogens is 328 g/mol. The van der Waals surface area contributed by atoms with E-state index in [9.17, 15) is 4.79 Å². The van der Waals surface area contributed by atoms with Gasteiger partial charge in [-0.15, -0.1) is 0 Å². The molecule has 23 heavy (non-hydrogen) atoms. The van der Waals surface area contributed by atoms with Gasteiger partial charge in [-0.1, -0.05) is 41.1 Å². The standard InChI is InChI=1S/C18H15ClN2OS/c1-11-8-12(2)17-15(9-11)23-18(21-17)20-16(22)7-6-13-4-3-5-14(19)10-13/h3-10H,1-2H3,(H,20,21,22)/b7-6+. The lowest BCUT2D eigenvalue weighted by Crippen LogP contribution is -2.07. The van der Waals surface area contributed by atoms with Gasteiger partial charge in [0.1, 0.15) is 0 Å². The molecule has 1 amide bonds. The Labute approximate surface area is 143 Å². The minimum Gasteiger partial charge on any atom is -0.298 e. The van der Waals surface area contributed by atoms with Crippen LogP contribution in [0.4, 0.5) is 5.13 Å². The van der Waals surface area contributed by atoms with Crippen LogP contribution in [0.1, 0.15) is 16.7 Å². The van der Waals surface area contributed by atoms with Crippen molar-refractivity contribution in [2.45, 2.75) is 13.8 Å². The number of aryl methyl sites for hydroxylation is 2. The molecule has 0 saturated heterocycles. The van der Waals surface area contributed by atoms with Gasteiger partial charge < -0.3 is 0 Å². The summed E-state index contributed by atoms with van der Waals surface area (Å²) >= 11 is 7.40. The molecule has 3 rings (SSSR count). The Balaban J connectivity index is 1.76. The van der Waals surface area contributed by atoms with Gasteiger partial charge in [0.05, 0.1) is 10.2 Å². The molecule has 0 radical (unpaired) electrons. The fraction of sp³-hybridized carbons (Fsp3) is 0.111. The second-order valence-corrected chi connectivity index (χ2v) is 6.79. The highest BCUT2D eigenvalue weighted by molar-refractivity contribution is 7.22. The fourth-order valence-corrected chi connectivity index (χ4v) is 3.60. The number of halogens is 1. The molecule has 1 heterocycles. The average molecular weight is 343 g/mol. The third kappa shape index (κ3) is 3.78. The Kier molecular flexibility index (Phi) is 4.46. The summed E-state index contributed by atoms with van der Waals surface area (Å²) in [7, 11) is 0. The van der Waals surface area contributed by atoms with Gasteiger partial charge in [0.15, 0.2) is 5.13 Å². The van der Waals surface area contributed by atoms with Crippen LogP contribution >= 0.6 is 22.9 Å². The third-order valence-electron chi connectivity index (χ3n) is 3.34. The third-order valence-corrected chi connectivity index (χ3v) is 4.49. The number of carbonyl (C=O) groups is 1. The van der Waals surface area contributed by atoms with Crippen molar-refractivity contribution in [1.82, 2.24) is 4.98 Å². The monoisotopic (exact) mass is 342 g/mol. The van der Waals surface area contributed by atoms with E-state index in [0.29, 0.717) is 10.2 Å². The van der Waals surface area contributed by atoms with E-state index in [4.69, 9.17) is 11.6 Å². The molecule has 0 aliphatic carbocycles. The number of fused-ring (bicyclic) bond motifs is 1. The van der Waals surface area contributed by atoms with E-state index in [-0.39, 0.29) is 5.91 Å². The maximum Gasteiger partial charge on any atom is 0.250 e. The van der Waals surface area contributed by atoms with Gasteiger partial charge in [0, 0.05) is 11.1 Å². The van der Waals surface area contributed by atoms with Gasteiger partial charge >= 0.3 is 0 Å². The van der Waals surface area contributed by atoms with Crippen molar-refractivity contribution in [1.29, 1.82) is 0 Å². The number of hydrogen-bond donors (Lipinski definition) is 1. The van der Waals surface area contributed by atoms with Crippen LogP contribution in [0.25, 0.3) is 16.3 Å². The van der Waals surface area contributed by atoms with E-state index in [1.54, 1.807) is 18.2 Å². The largest absolute Gasteiger partial charge is 0.298 e. The molecule has 0 spiro atoms. The summed E-state index contributed by atoms with van der Waals surface area (Å²) in [4.78, 5) is 16.5. The zero-order chi connectivity index (χ0) is 16.4. The minimum atomic E-state index is -0.210. The number of amides is 1. The van der Waals surface area contributed by atoms with Crippen LogP contribution in [0.15, 0.2) is 42.5 Å². The number of hydrogen-bond acceptors (Lipinski definition) is 3. The number of rotatable bonds is 3. The molecule has 0 fully saturated rings. The SMILES string of the molecule is Cc1cc(C)c2nc(NC(=O)/C=C/c3cccc(Cl)c3)sc2c1. The normalized spacial score (nSPS) is 11.3. The highest BCUT2D eigenvalue weighted by Crippen LogP contribution is 2.29. The highest BCUT2D eigenvalue weighted by atomic mass is 35.5. The van der Waals surface area contributed by atoms with Gasteiger partial charge in [-0.3, -0.25) is 10.1 Å². The highest BCUT2D eigenvalue weighted by Gasteiger charge is 2.08. The van der Waals surface area contributed by atoms with Gasteiger partial charge in [0.25, 0.3) is 0 Å². The van der Waals surface area contributed by atoms with Crippen molar-refractivity contribution in [3.8, 4) is 0 Å². The summed E-state index contributed by atoms with van der Waals surface area (Å²) in [5, 5.41) is 4.06.